The number of aryl methyl sites for hydroxylation is 2. The summed E-state index contributed by atoms with van der Waals surface area (Å²) in [6.07, 6.45) is 1.10. The first-order valence-corrected chi connectivity index (χ1v) is 9.21. The fraction of sp³-hybridized carbons (Fsp3) is 0.286. The molecule has 0 aliphatic heterocycles. The van der Waals surface area contributed by atoms with E-state index in [1.165, 1.54) is 19.2 Å². The van der Waals surface area contributed by atoms with Gasteiger partial charge in [0.2, 0.25) is 5.75 Å². The zero-order chi connectivity index (χ0) is 23.1. The van der Waals surface area contributed by atoms with Gasteiger partial charge in [-0.25, -0.2) is 5.43 Å². The number of methoxy groups -OCH3 is 1. The number of esters is 1. The van der Waals surface area contributed by atoms with Gasteiger partial charge in [0.05, 0.1) is 23.8 Å². The predicted molar refractivity (Wildman–Crippen MR) is 113 cm³/mol. The molecule has 0 atom stereocenters. The van der Waals surface area contributed by atoms with Gasteiger partial charge in [-0.05, 0) is 49.6 Å². The molecule has 2 rings (SSSR count). The number of hydrogen-bond acceptors (Lipinski definition) is 8. The minimum Gasteiger partial charge on any atom is -0.488 e. The van der Waals surface area contributed by atoms with E-state index in [-0.39, 0.29) is 23.7 Å². The predicted octanol–water partition coefficient (Wildman–Crippen LogP) is 2.98. The third-order valence-electron chi connectivity index (χ3n) is 4.38. The largest absolute Gasteiger partial charge is 0.488 e. The number of amides is 1. The Labute approximate surface area is 179 Å². The van der Waals surface area contributed by atoms with Gasteiger partial charge in [0.25, 0.3) is 5.91 Å². The zero-order valence-corrected chi connectivity index (χ0v) is 17.8. The molecule has 0 bridgehead atoms. The molecule has 0 aliphatic rings. The van der Waals surface area contributed by atoms with E-state index in [2.05, 4.69) is 10.5 Å². The molecule has 0 saturated carbocycles. The molecule has 10 nitrogen and oxygen atoms in total. The van der Waals surface area contributed by atoms with Crippen molar-refractivity contribution in [1.82, 2.24) is 5.43 Å². The van der Waals surface area contributed by atoms with Crippen LogP contribution in [-0.2, 0) is 9.59 Å². The van der Waals surface area contributed by atoms with Crippen LogP contribution in [0, 0.1) is 30.9 Å². The van der Waals surface area contributed by atoms with Crippen molar-refractivity contribution >= 4 is 23.8 Å². The molecule has 2 aromatic rings. The van der Waals surface area contributed by atoms with Gasteiger partial charge >= 0.3 is 11.7 Å². The molecule has 164 valence electrons. The smallest absolute Gasteiger partial charge is 0.323 e. The minimum absolute atomic E-state index is 0.0457. The molecule has 10 heteroatoms. The van der Waals surface area contributed by atoms with Crippen LogP contribution in [0.25, 0.3) is 0 Å². The van der Waals surface area contributed by atoms with Crippen LogP contribution in [-0.4, -0.2) is 36.7 Å². The highest BCUT2D eigenvalue weighted by Gasteiger charge is 2.25. The topological polar surface area (TPSA) is 129 Å². The number of nitro benzene ring substituents is 1. The first-order chi connectivity index (χ1) is 14.6. The molecule has 1 N–H and O–H groups in total. The molecule has 2 aromatic carbocycles. The fourth-order valence-corrected chi connectivity index (χ4v) is 2.78. The number of nitrogens with one attached hydrogen (secondary N) is 1. The summed E-state index contributed by atoms with van der Waals surface area (Å²) in [5, 5.41) is 15.3. The van der Waals surface area contributed by atoms with Crippen LogP contribution in [0.2, 0.25) is 0 Å². The van der Waals surface area contributed by atoms with Crippen LogP contribution in [0.1, 0.15) is 29.2 Å². The monoisotopic (exact) mass is 429 g/mol. The number of benzene rings is 2. The lowest BCUT2D eigenvalue weighted by molar-refractivity contribution is -0.385. The van der Waals surface area contributed by atoms with Crippen molar-refractivity contribution in [3.05, 3.63) is 56.6 Å². The maximum Gasteiger partial charge on any atom is 0.323 e. The molecule has 0 radical (unpaired) electrons. The van der Waals surface area contributed by atoms with Crippen molar-refractivity contribution < 1.29 is 28.7 Å². The van der Waals surface area contributed by atoms with Crippen LogP contribution in [0.3, 0.4) is 0 Å². The molecule has 0 unspecified atom stereocenters. The lowest BCUT2D eigenvalue weighted by Gasteiger charge is -2.13. The van der Waals surface area contributed by atoms with E-state index in [4.69, 9.17) is 14.2 Å². The maximum absolute atomic E-state index is 12.1. The molecule has 0 aromatic heterocycles. The van der Waals surface area contributed by atoms with Crippen LogP contribution < -0.4 is 19.6 Å². The van der Waals surface area contributed by atoms with Gasteiger partial charge in [0.15, 0.2) is 12.4 Å². The van der Waals surface area contributed by atoms with E-state index in [1.54, 1.807) is 0 Å². The molecular weight excluding hydrogens is 406 g/mol. The average Bonchev–Trinajstić information content (AvgIpc) is 2.70. The van der Waals surface area contributed by atoms with Gasteiger partial charge in [0, 0.05) is 6.92 Å². The van der Waals surface area contributed by atoms with E-state index in [1.807, 2.05) is 32.9 Å². The molecule has 0 heterocycles. The van der Waals surface area contributed by atoms with Crippen LogP contribution in [0.5, 0.6) is 17.2 Å². The minimum atomic E-state index is -0.693. The molecule has 0 saturated heterocycles. The highest BCUT2D eigenvalue weighted by atomic mass is 16.6. The number of nitrogens with zero attached hydrogens (tertiary/aromatic N) is 2. The van der Waals surface area contributed by atoms with Gasteiger partial charge in [-0.15, -0.1) is 0 Å². The normalized spacial score (nSPS) is 10.6. The number of hydrogen-bond donors (Lipinski definition) is 1. The third-order valence-corrected chi connectivity index (χ3v) is 4.38. The van der Waals surface area contributed by atoms with Crippen LogP contribution >= 0.6 is 0 Å². The van der Waals surface area contributed by atoms with Gasteiger partial charge < -0.3 is 14.2 Å². The molecular formula is C21H23N3O7. The summed E-state index contributed by atoms with van der Waals surface area (Å²) in [6.45, 7) is 6.61. The summed E-state index contributed by atoms with van der Waals surface area (Å²) in [4.78, 5) is 34.1. The number of carbonyl (C=O) groups is 2. The van der Waals surface area contributed by atoms with E-state index < -0.39 is 22.5 Å². The van der Waals surface area contributed by atoms with Gasteiger partial charge in [-0.3, -0.25) is 19.7 Å². The van der Waals surface area contributed by atoms with Crippen LogP contribution in [0.4, 0.5) is 5.69 Å². The van der Waals surface area contributed by atoms with Gasteiger partial charge in [-0.2, -0.15) is 5.10 Å². The quantitative estimate of drug-likeness (QED) is 0.224. The Hall–Kier alpha value is -3.95. The van der Waals surface area contributed by atoms with Crippen molar-refractivity contribution in [2.75, 3.05) is 13.7 Å². The lowest BCUT2D eigenvalue weighted by atomic mass is 10.1. The first-order valence-electron chi connectivity index (χ1n) is 9.21. The number of ether oxygens (including phenoxy) is 3. The summed E-state index contributed by atoms with van der Waals surface area (Å²) in [5.41, 5.74) is 4.73. The summed E-state index contributed by atoms with van der Waals surface area (Å²) >= 11 is 0. The second kappa shape index (κ2) is 10.2. The Kier molecular flexibility index (Phi) is 7.67. The van der Waals surface area contributed by atoms with E-state index in [9.17, 15) is 19.7 Å². The highest BCUT2D eigenvalue weighted by Crippen LogP contribution is 2.39. The van der Waals surface area contributed by atoms with Crippen molar-refractivity contribution in [1.29, 1.82) is 0 Å². The van der Waals surface area contributed by atoms with Crippen molar-refractivity contribution in [3.63, 3.8) is 0 Å². The van der Waals surface area contributed by atoms with Gasteiger partial charge in [0.1, 0.15) is 5.75 Å². The summed E-state index contributed by atoms with van der Waals surface area (Å²) in [6, 6.07) is 6.53. The Balaban J connectivity index is 2.13. The van der Waals surface area contributed by atoms with Crippen molar-refractivity contribution in [3.8, 4) is 17.2 Å². The Morgan fingerprint density at radius 1 is 1.13 bits per heavy atom. The molecule has 0 aliphatic carbocycles. The Bertz CT molecular complexity index is 1050. The van der Waals surface area contributed by atoms with Crippen LogP contribution in [0.15, 0.2) is 29.4 Å². The second-order valence-electron chi connectivity index (χ2n) is 6.62. The van der Waals surface area contributed by atoms with E-state index >= 15 is 0 Å². The summed E-state index contributed by atoms with van der Waals surface area (Å²) in [5.74, 6) is -0.895. The number of hydrazone groups is 1. The summed E-state index contributed by atoms with van der Waals surface area (Å²) < 4.78 is 15.6. The molecule has 0 fully saturated rings. The maximum atomic E-state index is 12.1. The Morgan fingerprint density at radius 3 is 2.42 bits per heavy atom. The molecule has 31 heavy (non-hydrogen) atoms. The number of nitro groups is 1. The summed E-state index contributed by atoms with van der Waals surface area (Å²) in [7, 11) is 1.21. The van der Waals surface area contributed by atoms with E-state index in [0.29, 0.717) is 5.75 Å². The number of carbonyl (C=O) groups excluding carboxylic acids is 2. The third kappa shape index (κ3) is 5.78. The average molecular weight is 429 g/mol. The standard InChI is InChI=1S/C21H23N3O7/c1-12-6-7-13(2)20(14(12)3)30-11-18(26)23-22-10-16-8-9-17(31-15(4)25)21(29-5)19(16)24(27)28/h6-10H,11H2,1-5H3,(H,23,26)/b22-10-. The first kappa shape index (κ1) is 23.3. The lowest BCUT2D eigenvalue weighted by Crippen LogP contribution is -2.25. The zero-order valence-electron chi connectivity index (χ0n) is 17.8. The SMILES string of the molecule is COc1c(OC(C)=O)ccc(/C=N\NC(=O)COc2c(C)ccc(C)c2C)c1[N+](=O)[O-]. The Morgan fingerprint density at radius 2 is 1.81 bits per heavy atom. The molecule has 1 amide bonds. The van der Waals surface area contributed by atoms with Gasteiger partial charge in [-0.1, -0.05) is 12.1 Å². The molecule has 0 spiro atoms. The van der Waals surface area contributed by atoms with Crippen molar-refractivity contribution in [2.45, 2.75) is 27.7 Å². The second-order valence-corrected chi connectivity index (χ2v) is 6.62. The van der Waals surface area contributed by atoms with Crippen molar-refractivity contribution in [2.24, 2.45) is 5.10 Å². The number of rotatable bonds is 8. The fourth-order valence-electron chi connectivity index (χ4n) is 2.78. The highest BCUT2D eigenvalue weighted by molar-refractivity contribution is 5.90. The van der Waals surface area contributed by atoms with E-state index in [0.717, 1.165) is 29.8 Å².